The predicted molar refractivity (Wildman–Crippen MR) is 66.0 cm³/mol. The number of rotatable bonds is 4. The first-order chi connectivity index (χ1) is 8.31. The fourth-order valence-corrected chi connectivity index (χ4v) is 3.25. The quantitative estimate of drug-likeness (QED) is 0.436. The van der Waals surface area contributed by atoms with Crippen LogP contribution < -0.4 is 34.3 Å². The van der Waals surface area contributed by atoms with Crippen molar-refractivity contribution >= 4 is 35.7 Å². The molecule has 0 aliphatic carbocycles. The summed E-state index contributed by atoms with van der Waals surface area (Å²) in [4.78, 5) is -1.35. The molecule has 0 aromatic heterocycles. The van der Waals surface area contributed by atoms with E-state index in [1.165, 1.54) is 0 Å². The minimum Gasteiger partial charge on any atom is -0.744 e. The van der Waals surface area contributed by atoms with Gasteiger partial charge >= 0.3 is 29.6 Å². The summed E-state index contributed by atoms with van der Waals surface area (Å²) in [7, 11) is -12.6. The van der Waals surface area contributed by atoms with E-state index in [2.05, 4.69) is 0 Å². The van der Waals surface area contributed by atoms with E-state index >= 15 is 0 Å². The fourth-order valence-electron chi connectivity index (χ4n) is 1.22. The Morgan fingerprint density at radius 2 is 1.50 bits per heavy atom. The van der Waals surface area contributed by atoms with Crippen molar-refractivity contribution in [3.63, 3.8) is 0 Å². The summed E-state index contributed by atoms with van der Waals surface area (Å²) in [5.74, 6) is 0. The van der Waals surface area contributed by atoms with Crippen LogP contribution in [0.2, 0.25) is 0 Å². The largest absolute Gasteiger partial charge is 1.00 e. The molecule has 20 heavy (non-hydrogen) atoms. The number of hydrogen-bond acceptors (Lipinski definition) is 7. The van der Waals surface area contributed by atoms with Gasteiger partial charge in [0.2, 0.25) is 10.0 Å². The van der Waals surface area contributed by atoms with E-state index in [1.807, 2.05) is 4.72 Å². The van der Waals surface area contributed by atoms with E-state index in [0.717, 1.165) is 24.6 Å². The van der Waals surface area contributed by atoms with Crippen molar-refractivity contribution in [1.82, 2.24) is 0 Å². The van der Waals surface area contributed by atoms with Gasteiger partial charge in [-0.3, -0.25) is 4.72 Å². The Morgan fingerprint density at radius 1 is 1.00 bits per heavy atom. The Bertz CT molecular complexity index is 812. The minimum atomic E-state index is -5.03. The Hall–Kier alpha value is -0.170. The molecule has 8 nitrogen and oxygen atoms in total. The summed E-state index contributed by atoms with van der Waals surface area (Å²) < 4.78 is 79.6. The van der Waals surface area contributed by atoms with Crippen molar-refractivity contribution in [2.24, 2.45) is 0 Å². The van der Waals surface area contributed by atoms with Crippen LogP contribution in [0.1, 0.15) is 0 Å². The third kappa shape index (κ3) is 5.68. The molecule has 1 rings (SSSR count). The van der Waals surface area contributed by atoms with Crippen LogP contribution in [0.4, 0.5) is 5.69 Å². The summed E-state index contributed by atoms with van der Waals surface area (Å²) >= 11 is 0. The number of sulfonamides is 1. The van der Waals surface area contributed by atoms with Crippen molar-refractivity contribution < 1.29 is 59.4 Å². The molecule has 0 aliphatic rings. The number of hydrogen-bond donors (Lipinski definition) is 1. The summed E-state index contributed by atoms with van der Waals surface area (Å²) in [5.41, 5.74) is -0.495. The Balaban J connectivity index is 0.00000361. The van der Waals surface area contributed by atoms with Crippen LogP contribution in [-0.2, 0) is 30.0 Å². The summed E-state index contributed by atoms with van der Waals surface area (Å²) in [6.07, 6.45) is 1.59. The molecule has 0 aliphatic heterocycles. The predicted octanol–water partition coefficient (Wildman–Crippen LogP) is -3.63. The van der Waals surface area contributed by atoms with Gasteiger partial charge in [-0.15, -0.1) is 0 Å². The van der Waals surface area contributed by atoms with Crippen molar-refractivity contribution in [3.05, 3.63) is 18.2 Å². The maximum Gasteiger partial charge on any atom is 1.00 e. The van der Waals surface area contributed by atoms with Crippen LogP contribution >= 0.6 is 0 Å². The molecule has 0 amide bonds. The van der Waals surface area contributed by atoms with Gasteiger partial charge in [-0.25, -0.2) is 25.3 Å². The third-order valence-electron chi connectivity index (χ3n) is 1.95. The standard InChI is InChI=1S/C8H11NO7S3.Na/c1-17(10,11)6-3-4-7(9-18(2,12)13)8(5-6)19(14,15)16;/h3-5,9H,1-2H3,(H,14,15,16);/q;+1/p-1. The van der Waals surface area contributed by atoms with Crippen molar-refractivity contribution in [2.45, 2.75) is 9.79 Å². The molecule has 0 radical (unpaired) electrons. The van der Waals surface area contributed by atoms with E-state index < -0.39 is 45.5 Å². The second kappa shape index (κ2) is 6.30. The van der Waals surface area contributed by atoms with Crippen molar-refractivity contribution in [2.75, 3.05) is 17.2 Å². The Kier molecular flexibility index (Phi) is 6.24. The average Bonchev–Trinajstić information content (AvgIpc) is 2.11. The molecule has 0 spiro atoms. The maximum absolute atomic E-state index is 11.3. The van der Waals surface area contributed by atoms with E-state index in [9.17, 15) is 29.8 Å². The van der Waals surface area contributed by atoms with Crippen LogP contribution in [0, 0.1) is 0 Å². The van der Waals surface area contributed by atoms with Gasteiger partial charge in [-0.1, -0.05) is 0 Å². The molecule has 0 bridgehead atoms. The topological polar surface area (TPSA) is 138 Å². The summed E-state index contributed by atoms with van der Waals surface area (Å²) in [5, 5.41) is 0. The Morgan fingerprint density at radius 3 is 1.85 bits per heavy atom. The van der Waals surface area contributed by atoms with Crippen LogP contribution in [-0.4, -0.2) is 42.3 Å². The summed E-state index contributed by atoms with van der Waals surface area (Å²) in [6, 6.07) is 2.52. The van der Waals surface area contributed by atoms with E-state index in [1.54, 1.807) is 0 Å². The van der Waals surface area contributed by atoms with Gasteiger partial charge in [0.05, 0.1) is 21.7 Å². The van der Waals surface area contributed by atoms with E-state index in [0.29, 0.717) is 6.07 Å². The third-order valence-corrected chi connectivity index (χ3v) is 4.52. The molecular weight excluding hydrogens is 341 g/mol. The first-order valence-electron chi connectivity index (χ1n) is 4.58. The van der Waals surface area contributed by atoms with Gasteiger partial charge in [0, 0.05) is 6.26 Å². The Labute approximate surface area is 139 Å². The monoisotopic (exact) mass is 351 g/mol. The second-order valence-electron chi connectivity index (χ2n) is 3.76. The van der Waals surface area contributed by atoms with Crippen LogP contribution in [0.3, 0.4) is 0 Å². The molecule has 0 atom stereocenters. The molecule has 1 N–H and O–H groups in total. The van der Waals surface area contributed by atoms with E-state index in [-0.39, 0.29) is 29.6 Å². The molecular formula is C8H10NNaO7S3. The molecule has 0 unspecified atom stereocenters. The molecule has 0 saturated heterocycles. The zero-order chi connectivity index (χ0) is 15.1. The van der Waals surface area contributed by atoms with Gasteiger partial charge < -0.3 is 4.55 Å². The average molecular weight is 351 g/mol. The first-order valence-corrected chi connectivity index (χ1v) is 9.77. The van der Waals surface area contributed by atoms with Gasteiger partial charge in [0.1, 0.15) is 10.1 Å². The second-order valence-corrected chi connectivity index (χ2v) is 8.87. The van der Waals surface area contributed by atoms with Crippen LogP contribution in [0.15, 0.2) is 28.0 Å². The molecule has 108 valence electrons. The number of benzene rings is 1. The first kappa shape index (κ1) is 19.8. The molecule has 0 heterocycles. The van der Waals surface area contributed by atoms with Gasteiger partial charge in [0.15, 0.2) is 9.84 Å². The number of nitrogens with one attached hydrogen (secondary N) is 1. The zero-order valence-corrected chi connectivity index (χ0v) is 15.3. The SMILES string of the molecule is CS(=O)(=O)Nc1ccc(S(C)(=O)=O)cc1S(=O)(=O)[O-].[Na+]. The smallest absolute Gasteiger partial charge is 0.744 e. The molecule has 0 fully saturated rings. The minimum absolute atomic E-state index is 0. The molecule has 12 heteroatoms. The van der Waals surface area contributed by atoms with Crippen LogP contribution in [0.25, 0.3) is 0 Å². The fraction of sp³-hybridized carbons (Fsp3) is 0.250. The summed E-state index contributed by atoms with van der Waals surface area (Å²) in [6.45, 7) is 0. The van der Waals surface area contributed by atoms with Gasteiger partial charge in [-0.05, 0) is 18.2 Å². The van der Waals surface area contributed by atoms with Gasteiger partial charge in [0.25, 0.3) is 0 Å². The van der Waals surface area contributed by atoms with Crippen molar-refractivity contribution in [3.8, 4) is 0 Å². The molecule has 1 aromatic carbocycles. The molecule has 1 aromatic rings. The molecule has 0 saturated carbocycles. The maximum atomic E-state index is 11.3. The van der Waals surface area contributed by atoms with Crippen LogP contribution in [0.5, 0.6) is 0 Å². The normalized spacial score (nSPS) is 12.6. The van der Waals surface area contributed by atoms with E-state index in [4.69, 9.17) is 0 Å². The van der Waals surface area contributed by atoms with Gasteiger partial charge in [-0.2, -0.15) is 0 Å². The van der Waals surface area contributed by atoms with Crippen molar-refractivity contribution in [1.29, 1.82) is 0 Å². The zero-order valence-electron chi connectivity index (χ0n) is 10.8. The number of sulfone groups is 1. The number of anilines is 1.